The maximum Gasteiger partial charge on any atom is 0.315 e. The van der Waals surface area contributed by atoms with Crippen molar-refractivity contribution in [3.8, 4) is 0 Å². The Morgan fingerprint density at radius 3 is 2.22 bits per heavy atom. The first-order valence-electron chi connectivity index (χ1n) is 5.90. The molecule has 0 rings (SSSR count). The van der Waals surface area contributed by atoms with E-state index in [0.29, 0.717) is 6.42 Å². The highest BCUT2D eigenvalue weighted by molar-refractivity contribution is 5.84. The fourth-order valence-electron chi connectivity index (χ4n) is 1.22. The van der Waals surface area contributed by atoms with Crippen molar-refractivity contribution in [3.63, 3.8) is 0 Å². The van der Waals surface area contributed by atoms with Gasteiger partial charge in [0.25, 0.3) is 0 Å². The van der Waals surface area contributed by atoms with E-state index in [1.54, 1.807) is 6.92 Å². The highest BCUT2D eigenvalue weighted by Crippen LogP contribution is 1.99. The third-order valence-corrected chi connectivity index (χ3v) is 2.21. The van der Waals surface area contributed by atoms with Crippen molar-refractivity contribution in [3.05, 3.63) is 0 Å². The van der Waals surface area contributed by atoms with Crippen molar-refractivity contribution >= 4 is 17.9 Å². The smallest absolute Gasteiger partial charge is 0.315 e. The minimum absolute atomic E-state index is 0.0128. The van der Waals surface area contributed by atoms with Crippen LogP contribution >= 0.6 is 0 Å². The molecule has 104 valence electrons. The van der Waals surface area contributed by atoms with Crippen LogP contribution in [0.2, 0.25) is 0 Å². The van der Waals surface area contributed by atoms with Gasteiger partial charge in [0.1, 0.15) is 0 Å². The predicted octanol–water partition coefficient (Wildman–Crippen LogP) is -0.0790. The van der Waals surface area contributed by atoms with E-state index in [0.717, 1.165) is 0 Å². The van der Waals surface area contributed by atoms with Crippen molar-refractivity contribution in [1.82, 2.24) is 16.0 Å². The summed E-state index contributed by atoms with van der Waals surface area (Å²) in [4.78, 5) is 33.2. The van der Waals surface area contributed by atoms with E-state index in [1.165, 1.54) is 0 Å². The number of urea groups is 1. The Bertz CT molecular complexity index is 305. The molecule has 0 radical (unpaired) electrons. The molecule has 7 heteroatoms. The number of carbonyl (C=O) groups is 3. The largest absolute Gasteiger partial charge is 0.481 e. The summed E-state index contributed by atoms with van der Waals surface area (Å²) in [5, 5.41) is 16.1. The van der Waals surface area contributed by atoms with Crippen LogP contribution in [-0.4, -0.2) is 42.1 Å². The number of hydrogen-bond acceptors (Lipinski definition) is 3. The van der Waals surface area contributed by atoms with Crippen molar-refractivity contribution in [1.29, 1.82) is 0 Å². The van der Waals surface area contributed by atoms with Crippen LogP contribution in [-0.2, 0) is 9.59 Å². The third kappa shape index (κ3) is 7.48. The fraction of sp³-hybridized carbons (Fsp3) is 0.727. The Morgan fingerprint density at radius 2 is 1.78 bits per heavy atom. The average molecular weight is 259 g/mol. The van der Waals surface area contributed by atoms with Crippen LogP contribution in [0.1, 0.15) is 27.2 Å². The van der Waals surface area contributed by atoms with Crippen molar-refractivity contribution < 1.29 is 19.5 Å². The summed E-state index contributed by atoms with van der Waals surface area (Å²) in [5.41, 5.74) is 0. The number of rotatable bonds is 7. The minimum atomic E-state index is -0.949. The molecule has 0 saturated carbocycles. The molecule has 0 aromatic carbocycles. The maximum absolute atomic E-state index is 11.3. The lowest BCUT2D eigenvalue weighted by Crippen LogP contribution is -2.45. The maximum atomic E-state index is 11.3. The van der Waals surface area contributed by atoms with Gasteiger partial charge in [-0.2, -0.15) is 0 Å². The molecule has 7 nitrogen and oxygen atoms in total. The predicted molar refractivity (Wildman–Crippen MR) is 66.1 cm³/mol. The van der Waals surface area contributed by atoms with Gasteiger partial charge in [-0.1, -0.05) is 6.92 Å². The topological polar surface area (TPSA) is 108 Å². The summed E-state index contributed by atoms with van der Waals surface area (Å²) < 4.78 is 0. The van der Waals surface area contributed by atoms with Crippen LogP contribution < -0.4 is 16.0 Å². The molecule has 1 atom stereocenters. The van der Waals surface area contributed by atoms with Gasteiger partial charge >= 0.3 is 12.0 Å². The zero-order valence-corrected chi connectivity index (χ0v) is 10.9. The molecule has 0 aliphatic carbocycles. The molecule has 0 aromatic heterocycles. The standard InChI is InChI=1S/C11H21N3O4/c1-4-8(10(16)17)5-12-11(18)13-6-9(15)14-7(2)3/h7-8H,4-6H2,1-3H3,(H,14,15)(H,16,17)(H2,12,13,18). The van der Waals surface area contributed by atoms with Gasteiger partial charge in [0.05, 0.1) is 12.5 Å². The summed E-state index contributed by atoms with van der Waals surface area (Å²) in [5.74, 6) is -1.85. The molecule has 0 heterocycles. The van der Waals surface area contributed by atoms with Gasteiger partial charge in [-0.3, -0.25) is 9.59 Å². The number of aliphatic carboxylic acids is 1. The summed E-state index contributed by atoms with van der Waals surface area (Å²) in [7, 11) is 0. The van der Waals surface area contributed by atoms with E-state index in [1.807, 2.05) is 13.8 Å². The first kappa shape index (κ1) is 16.2. The number of hydrogen-bond donors (Lipinski definition) is 4. The van der Waals surface area contributed by atoms with E-state index in [2.05, 4.69) is 16.0 Å². The van der Waals surface area contributed by atoms with Crippen molar-refractivity contribution in [2.45, 2.75) is 33.2 Å². The molecule has 0 saturated heterocycles. The summed E-state index contributed by atoms with van der Waals surface area (Å²) in [6.45, 7) is 5.28. The van der Waals surface area contributed by atoms with Crippen LogP contribution in [0.25, 0.3) is 0 Å². The van der Waals surface area contributed by atoms with Crippen LogP contribution in [0, 0.1) is 5.92 Å². The summed E-state index contributed by atoms with van der Waals surface area (Å²) in [6, 6.07) is -0.535. The SMILES string of the molecule is CCC(CNC(=O)NCC(=O)NC(C)C)C(=O)O. The zero-order valence-electron chi connectivity index (χ0n) is 10.9. The van der Waals surface area contributed by atoms with E-state index in [-0.39, 0.29) is 25.0 Å². The molecular weight excluding hydrogens is 238 g/mol. The van der Waals surface area contributed by atoms with Gasteiger partial charge in [0.2, 0.25) is 5.91 Å². The number of carboxylic acid groups (broad SMARTS) is 1. The van der Waals surface area contributed by atoms with Crippen LogP contribution in [0.3, 0.4) is 0 Å². The molecule has 0 aliphatic heterocycles. The second-order valence-electron chi connectivity index (χ2n) is 4.23. The number of nitrogens with one attached hydrogen (secondary N) is 3. The molecule has 0 fully saturated rings. The van der Waals surface area contributed by atoms with Crippen molar-refractivity contribution in [2.75, 3.05) is 13.1 Å². The summed E-state index contributed by atoms with van der Waals surface area (Å²) >= 11 is 0. The molecule has 3 amide bonds. The minimum Gasteiger partial charge on any atom is -0.481 e. The van der Waals surface area contributed by atoms with E-state index in [4.69, 9.17) is 5.11 Å². The quantitative estimate of drug-likeness (QED) is 0.513. The van der Waals surface area contributed by atoms with Gasteiger partial charge < -0.3 is 21.1 Å². The lowest BCUT2D eigenvalue weighted by Gasteiger charge is -2.12. The number of carbonyl (C=O) groups excluding carboxylic acids is 2. The Labute approximate surface area is 106 Å². The van der Waals surface area contributed by atoms with Crippen molar-refractivity contribution in [2.24, 2.45) is 5.92 Å². The Morgan fingerprint density at radius 1 is 1.17 bits per heavy atom. The van der Waals surface area contributed by atoms with Crippen LogP contribution in [0.5, 0.6) is 0 Å². The van der Waals surface area contributed by atoms with Gasteiger partial charge in [-0.15, -0.1) is 0 Å². The Kier molecular flexibility index (Phi) is 7.50. The molecule has 0 spiro atoms. The molecule has 0 bridgehead atoms. The van der Waals surface area contributed by atoms with Gasteiger partial charge in [-0.25, -0.2) is 4.79 Å². The average Bonchev–Trinajstić information content (AvgIpc) is 2.25. The van der Waals surface area contributed by atoms with E-state index < -0.39 is 17.9 Å². The zero-order chi connectivity index (χ0) is 14.1. The summed E-state index contributed by atoms with van der Waals surface area (Å²) in [6.07, 6.45) is 0.434. The lowest BCUT2D eigenvalue weighted by molar-refractivity contribution is -0.141. The Balaban J connectivity index is 3.84. The monoisotopic (exact) mass is 259 g/mol. The van der Waals surface area contributed by atoms with Gasteiger partial charge in [-0.05, 0) is 20.3 Å². The molecule has 0 aliphatic rings. The second kappa shape index (κ2) is 8.32. The number of amides is 3. The van der Waals surface area contributed by atoms with Crippen LogP contribution in [0.4, 0.5) is 4.79 Å². The van der Waals surface area contributed by atoms with E-state index in [9.17, 15) is 14.4 Å². The molecule has 18 heavy (non-hydrogen) atoms. The van der Waals surface area contributed by atoms with Gasteiger partial charge in [0, 0.05) is 12.6 Å². The lowest BCUT2D eigenvalue weighted by atomic mass is 10.1. The first-order chi connectivity index (χ1) is 8.36. The highest BCUT2D eigenvalue weighted by atomic mass is 16.4. The fourth-order valence-corrected chi connectivity index (χ4v) is 1.22. The molecule has 4 N–H and O–H groups in total. The normalized spacial score (nSPS) is 11.8. The van der Waals surface area contributed by atoms with Gasteiger partial charge in [0.15, 0.2) is 0 Å². The highest BCUT2D eigenvalue weighted by Gasteiger charge is 2.15. The first-order valence-corrected chi connectivity index (χ1v) is 5.90. The third-order valence-electron chi connectivity index (χ3n) is 2.21. The number of carboxylic acids is 1. The second-order valence-corrected chi connectivity index (χ2v) is 4.23. The Hall–Kier alpha value is -1.79. The molecular formula is C11H21N3O4. The molecule has 1 unspecified atom stereocenters. The van der Waals surface area contributed by atoms with Crippen LogP contribution in [0.15, 0.2) is 0 Å². The molecule has 0 aromatic rings. The van der Waals surface area contributed by atoms with E-state index >= 15 is 0 Å².